The monoisotopic (exact) mass is 249 g/mol. The number of hydrogen-bond donors (Lipinski definition) is 0. The Bertz CT molecular complexity index is 545. The third-order valence-electron chi connectivity index (χ3n) is 2.60. The molecule has 3 nitrogen and oxygen atoms in total. The number of allylic oxidation sites excluding steroid dienone is 2. The van der Waals surface area contributed by atoms with Crippen molar-refractivity contribution in [2.24, 2.45) is 0 Å². The zero-order chi connectivity index (χ0) is 12.9. The van der Waals surface area contributed by atoms with E-state index >= 15 is 0 Å². The van der Waals surface area contributed by atoms with Crippen LogP contribution in [0.1, 0.15) is 26.7 Å². The summed E-state index contributed by atoms with van der Waals surface area (Å²) in [5.41, 5.74) is 0.677. The summed E-state index contributed by atoms with van der Waals surface area (Å²) in [6, 6.07) is 9.90. The van der Waals surface area contributed by atoms with E-state index in [4.69, 9.17) is 5.26 Å². The summed E-state index contributed by atoms with van der Waals surface area (Å²) in [5.74, 6) is 0. The second-order valence-corrected chi connectivity index (χ2v) is 5.45. The first-order chi connectivity index (χ1) is 8.07. The molecule has 0 N–H and O–H groups in total. The van der Waals surface area contributed by atoms with Gasteiger partial charge in [0, 0.05) is 0 Å². The molecule has 4 heteroatoms. The molecule has 0 unspecified atom stereocenters. The number of rotatable bonds is 4. The van der Waals surface area contributed by atoms with Crippen LogP contribution in [0.5, 0.6) is 0 Å². The summed E-state index contributed by atoms with van der Waals surface area (Å²) in [6.07, 6.45) is 1.15. The minimum atomic E-state index is -3.66. The molecule has 0 aliphatic heterocycles. The second kappa shape index (κ2) is 5.65. The lowest BCUT2D eigenvalue weighted by Gasteiger charge is -2.07. The molecule has 0 saturated carbocycles. The molecule has 0 spiro atoms. The number of hydrogen-bond acceptors (Lipinski definition) is 3. The van der Waals surface area contributed by atoms with Crippen molar-refractivity contribution in [3.05, 3.63) is 40.8 Å². The highest BCUT2D eigenvalue weighted by molar-refractivity contribution is 7.95. The zero-order valence-corrected chi connectivity index (χ0v) is 10.8. The van der Waals surface area contributed by atoms with Gasteiger partial charge in [-0.25, -0.2) is 8.42 Å². The van der Waals surface area contributed by atoms with Crippen molar-refractivity contribution in [1.82, 2.24) is 0 Å². The molecule has 17 heavy (non-hydrogen) atoms. The van der Waals surface area contributed by atoms with E-state index in [1.165, 1.54) is 12.1 Å². The Hall–Kier alpha value is -1.60. The smallest absolute Gasteiger partial charge is 0.216 e. The summed E-state index contributed by atoms with van der Waals surface area (Å²) in [5, 5.41) is 9.07. The molecule has 0 bridgehead atoms. The molecule has 0 aliphatic rings. The van der Waals surface area contributed by atoms with Crippen LogP contribution >= 0.6 is 0 Å². The Labute approximate surface area is 102 Å². The van der Waals surface area contributed by atoms with Crippen LogP contribution in [0.3, 0.4) is 0 Å². The molecule has 0 atom stereocenters. The third kappa shape index (κ3) is 2.75. The Morgan fingerprint density at radius 2 is 1.71 bits per heavy atom. The van der Waals surface area contributed by atoms with E-state index in [9.17, 15) is 8.42 Å². The van der Waals surface area contributed by atoms with Crippen molar-refractivity contribution in [3.8, 4) is 6.07 Å². The van der Waals surface area contributed by atoms with Crippen LogP contribution in [0.25, 0.3) is 0 Å². The highest BCUT2D eigenvalue weighted by Gasteiger charge is 2.22. The van der Waals surface area contributed by atoms with E-state index in [2.05, 4.69) is 0 Å². The van der Waals surface area contributed by atoms with E-state index in [0.29, 0.717) is 18.4 Å². The molecule has 0 radical (unpaired) electrons. The van der Waals surface area contributed by atoms with Gasteiger partial charge in [0.25, 0.3) is 0 Å². The molecule has 0 aliphatic carbocycles. The lowest BCUT2D eigenvalue weighted by Crippen LogP contribution is -2.06. The van der Waals surface area contributed by atoms with Gasteiger partial charge in [-0.3, -0.25) is 0 Å². The summed E-state index contributed by atoms with van der Waals surface area (Å²) in [7, 11) is -3.66. The van der Waals surface area contributed by atoms with Gasteiger partial charge in [-0.2, -0.15) is 5.26 Å². The molecule has 0 saturated heterocycles. The maximum atomic E-state index is 12.2. The van der Waals surface area contributed by atoms with E-state index in [1.54, 1.807) is 18.2 Å². The fourth-order valence-corrected chi connectivity index (χ4v) is 3.16. The van der Waals surface area contributed by atoms with Crippen molar-refractivity contribution in [1.29, 1.82) is 5.26 Å². The van der Waals surface area contributed by atoms with E-state index in [1.807, 2.05) is 19.9 Å². The molecular formula is C13H15NO2S. The van der Waals surface area contributed by atoms with Gasteiger partial charge in [0.1, 0.15) is 11.0 Å². The maximum absolute atomic E-state index is 12.2. The lowest BCUT2D eigenvalue weighted by atomic mass is 10.1. The van der Waals surface area contributed by atoms with E-state index in [0.717, 1.165) is 0 Å². The molecule has 0 amide bonds. The lowest BCUT2D eigenvalue weighted by molar-refractivity contribution is 0.602. The molecule has 1 aromatic carbocycles. The highest BCUT2D eigenvalue weighted by Crippen LogP contribution is 2.24. The van der Waals surface area contributed by atoms with Crippen LogP contribution in [-0.4, -0.2) is 8.42 Å². The summed E-state index contributed by atoms with van der Waals surface area (Å²) in [6.45, 7) is 3.72. The molecular weight excluding hydrogens is 234 g/mol. The molecule has 1 rings (SSSR count). The quantitative estimate of drug-likeness (QED) is 0.770. The Kier molecular flexibility index (Phi) is 4.47. The minimum Gasteiger partial charge on any atom is -0.218 e. The zero-order valence-electron chi connectivity index (χ0n) is 9.97. The van der Waals surface area contributed by atoms with Crippen molar-refractivity contribution in [2.45, 2.75) is 31.6 Å². The van der Waals surface area contributed by atoms with Crippen LogP contribution in [0.4, 0.5) is 0 Å². The van der Waals surface area contributed by atoms with Crippen molar-refractivity contribution in [2.75, 3.05) is 0 Å². The number of nitrogens with zero attached hydrogens (tertiary/aromatic N) is 1. The average Bonchev–Trinajstić information content (AvgIpc) is 2.36. The summed E-state index contributed by atoms with van der Waals surface area (Å²) in [4.78, 5) is 0.0738. The maximum Gasteiger partial charge on any atom is 0.216 e. The molecule has 0 fully saturated rings. The molecule has 1 aromatic rings. The largest absolute Gasteiger partial charge is 0.218 e. The van der Waals surface area contributed by atoms with Gasteiger partial charge in [0.05, 0.1) is 4.90 Å². The van der Waals surface area contributed by atoms with Crippen LogP contribution in [0.15, 0.2) is 45.7 Å². The summed E-state index contributed by atoms with van der Waals surface area (Å²) >= 11 is 0. The van der Waals surface area contributed by atoms with Gasteiger partial charge < -0.3 is 0 Å². The summed E-state index contributed by atoms with van der Waals surface area (Å²) < 4.78 is 24.5. The van der Waals surface area contributed by atoms with Crippen molar-refractivity contribution in [3.63, 3.8) is 0 Å². The SMILES string of the molecule is CCC(CC)=C(C#N)S(=O)(=O)c1ccccc1. The van der Waals surface area contributed by atoms with Gasteiger partial charge in [0.15, 0.2) is 0 Å². The van der Waals surface area contributed by atoms with Crippen LogP contribution < -0.4 is 0 Å². The van der Waals surface area contributed by atoms with Crippen molar-refractivity contribution < 1.29 is 8.42 Å². The minimum absolute atomic E-state index is 0.103. The number of sulfone groups is 1. The van der Waals surface area contributed by atoms with Gasteiger partial charge in [0.2, 0.25) is 9.84 Å². The first kappa shape index (κ1) is 13.5. The Balaban J connectivity index is 3.42. The molecule has 0 aromatic heterocycles. The van der Waals surface area contributed by atoms with E-state index < -0.39 is 9.84 Å². The van der Waals surface area contributed by atoms with Gasteiger partial charge in [-0.05, 0) is 30.5 Å². The predicted octanol–water partition coefficient (Wildman–Crippen LogP) is 3.06. The first-order valence-electron chi connectivity index (χ1n) is 5.50. The molecule has 90 valence electrons. The topological polar surface area (TPSA) is 57.9 Å². The highest BCUT2D eigenvalue weighted by atomic mass is 32.2. The number of nitriles is 1. The third-order valence-corrected chi connectivity index (χ3v) is 4.41. The van der Waals surface area contributed by atoms with Crippen LogP contribution in [-0.2, 0) is 9.84 Å². The average molecular weight is 249 g/mol. The van der Waals surface area contributed by atoms with Gasteiger partial charge in [-0.15, -0.1) is 0 Å². The molecule has 0 heterocycles. The number of benzene rings is 1. The normalized spacial score (nSPS) is 10.6. The Morgan fingerprint density at radius 1 is 1.18 bits per heavy atom. The first-order valence-corrected chi connectivity index (χ1v) is 6.98. The standard InChI is InChI=1S/C13H15NO2S/c1-3-11(4-2)13(10-14)17(15,16)12-8-6-5-7-9-12/h5-9H,3-4H2,1-2H3. The second-order valence-electron chi connectivity index (χ2n) is 3.57. The van der Waals surface area contributed by atoms with Gasteiger partial charge >= 0.3 is 0 Å². The van der Waals surface area contributed by atoms with E-state index in [-0.39, 0.29) is 9.80 Å². The Morgan fingerprint density at radius 3 is 2.12 bits per heavy atom. The van der Waals surface area contributed by atoms with Gasteiger partial charge in [-0.1, -0.05) is 32.0 Å². The fourth-order valence-electron chi connectivity index (χ4n) is 1.62. The predicted molar refractivity (Wildman–Crippen MR) is 66.8 cm³/mol. The van der Waals surface area contributed by atoms with Crippen LogP contribution in [0, 0.1) is 11.3 Å². The van der Waals surface area contributed by atoms with Crippen molar-refractivity contribution >= 4 is 9.84 Å². The van der Waals surface area contributed by atoms with Crippen LogP contribution in [0.2, 0.25) is 0 Å². The fraction of sp³-hybridized carbons (Fsp3) is 0.308.